The maximum absolute atomic E-state index is 13.2. The number of methoxy groups -OCH3 is 1. The molecule has 1 saturated carbocycles. The largest absolute Gasteiger partial charge is 0.493 e. The first-order chi connectivity index (χ1) is 15.5. The Morgan fingerprint density at radius 2 is 1.72 bits per heavy atom. The second-order valence-corrected chi connectivity index (χ2v) is 9.02. The van der Waals surface area contributed by atoms with Crippen molar-refractivity contribution >= 4 is 27.7 Å². The Balaban J connectivity index is 1.71. The van der Waals surface area contributed by atoms with Crippen molar-refractivity contribution in [3.63, 3.8) is 0 Å². The Morgan fingerprint density at radius 1 is 1.06 bits per heavy atom. The summed E-state index contributed by atoms with van der Waals surface area (Å²) in [7, 11) is 1.56. The summed E-state index contributed by atoms with van der Waals surface area (Å²) in [4.78, 5) is 27.8. The topological polar surface area (TPSA) is 67.9 Å². The van der Waals surface area contributed by atoms with Gasteiger partial charge in [0.1, 0.15) is 6.04 Å². The highest BCUT2D eigenvalue weighted by Crippen LogP contribution is 2.26. The summed E-state index contributed by atoms with van der Waals surface area (Å²) in [5.41, 5.74) is 0.941. The van der Waals surface area contributed by atoms with E-state index in [1.807, 2.05) is 36.4 Å². The quantitative estimate of drug-likeness (QED) is 0.539. The Bertz CT molecular complexity index is 897. The lowest BCUT2D eigenvalue weighted by atomic mass is 9.95. The van der Waals surface area contributed by atoms with E-state index in [-0.39, 0.29) is 24.5 Å². The van der Waals surface area contributed by atoms with Crippen LogP contribution in [0.4, 0.5) is 0 Å². The molecule has 3 rings (SSSR count). The van der Waals surface area contributed by atoms with Crippen molar-refractivity contribution in [2.75, 3.05) is 13.7 Å². The number of nitrogens with zero attached hydrogens (tertiary/aromatic N) is 1. The summed E-state index contributed by atoms with van der Waals surface area (Å²) in [6.07, 6.45) is 5.48. The van der Waals surface area contributed by atoms with Gasteiger partial charge in [-0.25, -0.2) is 0 Å². The number of benzene rings is 2. The Morgan fingerprint density at radius 3 is 2.38 bits per heavy atom. The summed E-state index contributed by atoms with van der Waals surface area (Å²) in [5.74, 6) is 0.666. The van der Waals surface area contributed by atoms with Crippen LogP contribution < -0.4 is 14.8 Å². The molecule has 0 unspecified atom stereocenters. The second kappa shape index (κ2) is 11.9. The number of ether oxygens (including phenoxy) is 2. The molecule has 0 heterocycles. The van der Waals surface area contributed by atoms with Gasteiger partial charge in [0.25, 0.3) is 5.91 Å². The van der Waals surface area contributed by atoms with Crippen molar-refractivity contribution in [2.45, 2.75) is 57.7 Å². The van der Waals surface area contributed by atoms with E-state index in [0.717, 1.165) is 35.7 Å². The molecule has 0 bridgehead atoms. The lowest BCUT2D eigenvalue weighted by Crippen LogP contribution is -2.51. The van der Waals surface area contributed by atoms with Crippen molar-refractivity contribution in [3.05, 3.63) is 58.6 Å². The first-order valence-electron chi connectivity index (χ1n) is 11.1. The van der Waals surface area contributed by atoms with Gasteiger partial charge in [0.05, 0.1) is 7.11 Å². The van der Waals surface area contributed by atoms with Crippen molar-refractivity contribution in [1.82, 2.24) is 10.2 Å². The molecule has 32 heavy (non-hydrogen) atoms. The molecule has 0 aliphatic heterocycles. The molecule has 0 spiro atoms. The van der Waals surface area contributed by atoms with Crippen LogP contribution in [0.3, 0.4) is 0 Å². The minimum Gasteiger partial charge on any atom is -0.493 e. The Labute approximate surface area is 198 Å². The third-order valence-electron chi connectivity index (χ3n) is 5.81. The maximum atomic E-state index is 13.2. The highest BCUT2D eigenvalue weighted by atomic mass is 79.9. The molecule has 0 saturated heterocycles. The average molecular weight is 503 g/mol. The summed E-state index contributed by atoms with van der Waals surface area (Å²) in [5, 5.41) is 3.14. The zero-order valence-corrected chi connectivity index (χ0v) is 20.3. The van der Waals surface area contributed by atoms with Crippen LogP contribution in [0.2, 0.25) is 0 Å². The molecule has 2 aromatic rings. The molecule has 0 aromatic heterocycles. The van der Waals surface area contributed by atoms with Gasteiger partial charge >= 0.3 is 0 Å². The van der Waals surface area contributed by atoms with Crippen LogP contribution in [0.1, 0.15) is 44.6 Å². The van der Waals surface area contributed by atoms with Gasteiger partial charge in [0, 0.05) is 17.1 Å². The van der Waals surface area contributed by atoms with Gasteiger partial charge in [-0.2, -0.15) is 0 Å². The highest BCUT2D eigenvalue weighted by Gasteiger charge is 2.28. The van der Waals surface area contributed by atoms with Crippen LogP contribution in [-0.4, -0.2) is 42.5 Å². The molecule has 7 heteroatoms. The fraction of sp³-hybridized carbons (Fsp3) is 0.440. The molecule has 2 aromatic carbocycles. The first-order valence-corrected chi connectivity index (χ1v) is 11.9. The van der Waals surface area contributed by atoms with Crippen LogP contribution in [0.25, 0.3) is 0 Å². The van der Waals surface area contributed by atoms with Gasteiger partial charge in [-0.1, -0.05) is 59.5 Å². The summed E-state index contributed by atoms with van der Waals surface area (Å²) in [6.45, 7) is 1.91. The minimum atomic E-state index is -0.616. The van der Waals surface area contributed by atoms with Crippen molar-refractivity contribution in [2.24, 2.45) is 0 Å². The van der Waals surface area contributed by atoms with Crippen LogP contribution in [0.15, 0.2) is 53.0 Å². The van der Waals surface area contributed by atoms with Gasteiger partial charge in [-0.15, -0.1) is 0 Å². The van der Waals surface area contributed by atoms with Gasteiger partial charge in [0.15, 0.2) is 18.1 Å². The highest BCUT2D eigenvalue weighted by molar-refractivity contribution is 9.10. The fourth-order valence-corrected chi connectivity index (χ4v) is 4.16. The fourth-order valence-electron chi connectivity index (χ4n) is 3.90. The van der Waals surface area contributed by atoms with Crippen LogP contribution in [0, 0.1) is 0 Å². The molecular formula is C25H31BrN2O4. The lowest BCUT2D eigenvalue weighted by molar-refractivity contribution is -0.142. The van der Waals surface area contributed by atoms with Crippen molar-refractivity contribution in [3.8, 4) is 11.5 Å². The Hall–Kier alpha value is -2.54. The summed E-state index contributed by atoms with van der Waals surface area (Å²) < 4.78 is 12.0. The van der Waals surface area contributed by atoms with Crippen LogP contribution in [0.5, 0.6) is 11.5 Å². The smallest absolute Gasteiger partial charge is 0.261 e. The molecule has 6 nitrogen and oxygen atoms in total. The van der Waals surface area contributed by atoms with E-state index in [1.54, 1.807) is 31.1 Å². The van der Waals surface area contributed by atoms with Crippen molar-refractivity contribution < 1.29 is 19.1 Å². The van der Waals surface area contributed by atoms with Gasteiger partial charge < -0.3 is 19.7 Å². The molecule has 1 N–H and O–H groups in total. The maximum Gasteiger partial charge on any atom is 0.261 e. The molecule has 1 aliphatic rings. The molecule has 1 aliphatic carbocycles. The number of rotatable bonds is 9. The minimum absolute atomic E-state index is 0.125. The zero-order chi connectivity index (χ0) is 22.9. The zero-order valence-electron chi connectivity index (χ0n) is 18.7. The third kappa shape index (κ3) is 6.73. The normalized spacial score (nSPS) is 15.0. The number of nitrogens with one attached hydrogen (secondary N) is 1. The number of hydrogen-bond donors (Lipinski definition) is 1. The third-order valence-corrected chi connectivity index (χ3v) is 6.33. The number of para-hydroxylation sites is 2. The first kappa shape index (κ1) is 24.1. The van der Waals surface area contributed by atoms with E-state index < -0.39 is 6.04 Å². The molecule has 172 valence electrons. The number of halogens is 1. The Kier molecular flexibility index (Phi) is 8.97. The standard InChI is InChI=1S/C25H31BrN2O4/c1-18(25(30)27-21-8-4-3-5-9-21)28(16-19-12-14-20(26)15-13-19)24(29)17-32-23-11-7-6-10-22(23)31-2/h6-7,10-15,18,21H,3-5,8-9,16-17H2,1-2H3,(H,27,30)/t18-/m1/s1. The van der Waals surface area contributed by atoms with E-state index in [0.29, 0.717) is 18.0 Å². The van der Waals surface area contributed by atoms with Gasteiger partial charge in [0.2, 0.25) is 5.91 Å². The van der Waals surface area contributed by atoms with Gasteiger partial charge in [-0.3, -0.25) is 9.59 Å². The molecule has 1 atom stereocenters. The molecule has 2 amide bonds. The van der Waals surface area contributed by atoms with Crippen molar-refractivity contribution in [1.29, 1.82) is 0 Å². The summed E-state index contributed by atoms with van der Waals surface area (Å²) >= 11 is 3.44. The van der Waals surface area contributed by atoms with E-state index in [1.165, 1.54) is 6.42 Å². The van der Waals surface area contributed by atoms with Crippen LogP contribution >= 0.6 is 15.9 Å². The number of carbonyl (C=O) groups is 2. The van der Waals surface area contributed by atoms with E-state index in [4.69, 9.17) is 9.47 Å². The summed E-state index contributed by atoms with van der Waals surface area (Å²) in [6, 6.07) is 14.5. The van der Waals surface area contributed by atoms with Crippen LogP contribution in [-0.2, 0) is 16.1 Å². The van der Waals surface area contributed by atoms with E-state index >= 15 is 0 Å². The molecular weight excluding hydrogens is 472 g/mol. The van der Waals surface area contributed by atoms with Gasteiger partial charge in [-0.05, 0) is 49.6 Å². The number of amides is 2. The number of carbonyl (C=O) groups excluding carboxylic acids is 2. The molecule has 1 fully saturated rings. The predicted molar refractivity (Wildman–Crippen MR) is 128 cm³/mol. The second-order valence-electron chi connectivity index (χ2n) is 8.11. The lowest BCUT2D eigenvalue weighted by Gasteiger charge is -2.31. The predicted octanol–water partition coefficient (Wildman–Crippen LogP) is 4.70. The van der Waals surface area contributed by atoms with E-state index in [9.17, 15) is 9.59 Å². The SMILES string of the molecule is COc1ccccc1OCC(=O)N(Cc1ccc(Br)cc1)[C@H](C)C(=O)NC1CCCCC1. The monoisotopic (exact) mass is 502 g/mol. The van der Waals surface area contributed by atoms with E-state index in [2.05, 4.69) is 21.2 Å². The average Bonchev–Trinajstić information content (AvgIpc) is 2.82. The number of hydrogen-bond acceptors (Lipinski definition) is 4. The molecule has 0 radical (unpaired) electrons.